The number of aryl methyl sites for hydroxylation is 1. The quantitative estimate of drug-likeness (QED) is 0.577. The second-order valence-corrected chi connectivity index (χ2v) is 7.06. The molecule has 2 aromatic carbocycles. The standard InChI is InChI=1S/C18H17Cl3N2O/c1-10(22)7-12-11-5-3-4-6-16(11)23(2)18(12)24-17-9-14(20)13(19)8-15(17)21/h3-6,8-10H,7,22H2,1-2H3. The van der Waals surface area contributed by atoms with E-state index in [1.165, 1.54) is 0 Å². The highest BCUT2D eigenvalue weighted by molar-refractivity contribution is 6.43. The van der Waals surface area contributed by atoms with Crippen molar-refractivity contribution in [2.45, 2.75) is 19.4 Å². The van der Waals surface area contributed by atoms with Crippen LogP contribution in [0.25, 0.3) is 10.9 Å². The normalized spacial score (nSPS) is 12.6. The van der Waals surface area contributed by atoms with Gasteiger partial charge in [-0.25, -0.2) is 0 Å². The van der Waals surface area contributed by atoms with Gasteiger partial charge in [0, 0.05) is 30.1 Å². The molecule has 126 valence electrons. The topological polar surface area (TPSA) is 40.2 Å². The van der Waals surface area contributed by atoms with E-state index >= 15 is 0 Å². The average Bonchev–Trinajstić information content (AvgIpc) is 2.78. The van der Waals surface area contributed by atoms with Crippen LogP contribution in [0.15, 0.2) is 36.4 Å². The number of aromatic nitrogens is 1. The van der Waals surface area contributed by atoms with Gasteiger partial charge in [0.1, 0.15) is 5.75 Å². The van der Waals surface area contributed by atoms with Crippen LogP contribution in [-0.4, -0.2) is 10.6 Å². The molecule has 2 N–H and O–H groups in total. The number of benzene rings is 2. The smallest absolute Gasteiger partial charge is 0.204 e. The molecule has 3 rings (SSSR count). The van der Waals surface area contributed by atoms with E-state index in [0.29, 0.717) is 33.1 Å². The molecule has 3 aromatic rings. The molecule has 0 saturated carbocycles. The van der Waals surface area contributed by atoms with Crippen molar-refractivity contribution in [3.05, 3.63) is 57.0 Å². The maximum atomic E-state index is 6.26. The molecule has 1 heterocycles. The molecule has 1 unspecified atom stereocenters. The minimum absolute atomic E-state index is 0.00225. The summed E-state index contributed by atoms with van der Waals surface area (Å²) in [4.78, 5) is 0. The molecular formula is C18H17Cl3N2O. The molecule has 1 atom stereocenters. The van der Waals surface area contributed by atoms with E-state index in [4.69, 9.17) is 45.3 Å². The lowest BCUT2D eigenvalue weighted by atomic mass is 10.1. The highest BCUT2D eigenvalue weighted by Crippen LogP contribution is 2.40. The zero-order valence-electron chi connectivity index (χ0n) is 13.3. The number of para-hydroxylation sites is 1. The van der Waals surface area contributed by atoms with Gasteiger partial charge in [-0.3, -0.25) is 0 Å². The third-order valence-electron chi connectivity index (χ3n) is 3.86. The largest absolute Gasteiger partial charge is 0.439 e. The van der Waals surface area contributed by atoms with Crippen LogP contribution < -0.4 is 10.5 Å². The summed E-state index contributed by atoms with van der Waals surface area (Å²) in [5.74, 6) is 1.16. The fraction of sp³-hybridized carbons (Fsp3) is 0.222. The van der Waals surface area contributed by atoms with Gasteiger partial charge in [-0.05, 0) is 25.5 Å². The zero-order chi connectivity index (χ0) is 17.4. The number of nitrogens with zero attached hydrogens (tertiary/aromatic N) is 1. The Labute approximate surface area is 155 Å². The van der Waals surface area contributed by atoms with E-state index in [1.54, 1.807) is 12.1 Å². The van der Waals surface area contributed by atoms with Crippen LogP contribution >= 0.6 is 34.8 Å². The van der Waals surface area contributed by atoms with Crippen molar-refractivity contribution in [2.75, 3.05) is 0 Å². The second-order valence-electron chi connectivity index (χ2n) is 5.84. The highest BCUT2D eigenvalue weighted by Gasteiger charge is 2.19. The third-order valence-corrected chi connectivity index (χ3v) is 4.88. The van der Waals surface area contributed by atoms with Gasteiger partial charge in [-0.1, -0.05) is 53.0 Å². The van der Waals surface area contributed by atoms with Crippen LogP contribution in [0, 0.1) is 0 Å². The summed E-state index contributed by atoms with van der Waals surface area (Å²) >= 11 is 18.3. The van der Waals surface area contributed by atoms with Crippen LogP contribution in [0.1, 0.15) is 12.5 Å². The average molecular weight is 384 g/mol. The summed E-state index contributed by atoms with van der Waals surface area (Å²) < 4.78 is 8.12. The molecule has 0 aliphatic carbocycles. The van der Waals surface area contributed by atoms with Gasteiger partial charge in [0.2, 0.25) is 5.88 Å². The molecule has 0 amide bonds. The van der Waals surface area contributed by atoms with Crippen molar-refractivity contribution in [3.8, 4) is 11.6 Å². The van der Waals surface area contributed by atoms with Gasteiger partial charge in [0.15, 0.2) is 0 Å². The maximum absolute atomic E-state index is 6.26. The first kappa shape index (κ1) is 17.4. The highest BCUT2D eigenvalue weighted by atomic mass is 35.5. The first-order chi connectivity index (χ1) is 11.4. The summed E-state index contributed by atoms with van der Waals surface area (Å²) in [5.41, 5.74) is 8.15. The summed E-state index contributed by atoms with van der Waals surface area (Å²) in [6, 6.07) is 11.3. The number of rotatable bonds is 4. The lowest BCUT2D eigenvalue weighted by Gasteiger charge is -2.13. The number of hydrogen-bond acceptors (Lipinski definition) is 2. The number of halogens is 3. The zero-order valence-corrected chi connectivity index (χ0v) is 15.6. The Morgan fingerprint density at radius 2 is 1.75 bits per heavy atom. The summed E-state index contributed by atoms with van der Waals surface area (Å²) in [7, 11) is 1.95. The predicted molar refractivity (Wildman–Crippen MR) is 102 cm³/mol. The molecule has 0 aliphatic heterocycles. The van der Waals surface area contributed by atoms with Crippen LogP contribution in [0.4, 0.5) is 0 Å². The van der Waals surface area contributed by atoms with Gasteiger partial charge < -0.3 is 15.0 Å². The van der Waals surface area contributed by atoms with Gasteiger partial charge in [0.05, 0.1) is 20.6 Å². The first-order valence-electron chi connectivity index (χ1n) is 7.52. The molecule has 24 heavy (non-hydrogen) atoms. The van der Waals surface area contributed by atoms with E-state index in [1.807, 2.05) is 36.7 Å². The molecule has 0 radical (unpaired) electrons. The van der Waals surface area contributed by atoms with E-state index in [2.05, 4.69) is 6.07 Å². The van der Waals surface area contributed by atoms with Crippen molar-refractivity contribution < 1.29 is 4.74 Å². The SMILES string of the molecule is CC(N)Cc1c(Oc2cc(Cl)c(Cl)cc2Cl)n(C)c2ccccc12. The molecule has 0 fully saturated rings. The third kappa shape index (κ3) is 3.22. The molecule has 0 bridgehead atoms. The molecule has 0 saturated heterocycles. The molecule has 6 heteroatoms. The van der Waals surface area contributed by atoms with Crippen molar-refractivity contribution in [3.63, 3.8) is 0 Å². The Balaban J connectivity index is 2.15. The fourth-order valence-electron chi connectivity index (χ4n) is 2.78. The van der Waals surface area contributed by atoms with Crippen LogP contribution in [0.2, 0.25) is 15.1 Å². The Morgan fingerprint density at radius 3 is 2.46 bits per heavy atom. The number of ether oxygens (including phenoxy) is 1. The Bertz CT molecular complexity index is 903. The van der Waals surface area contributed by atoms with E-state index in [9.17, 15) is 0 Å². The number of nitrogens with two attached hydrogens (primary N) is 1. The van der Waals surface area contributed by atoms with E-state index in [-0.39, 0.29) is 6.04 Å². The van der Waals surface area contributed by atoms with Crippen molar-refractivity contribution in [1.82, 2.24) is 4.57 Å². The lowest BCUT2D eigenvalue weighted by Crippen LogP contribution is -2.18. The molecular weight excluding hydrogens is 367 g/mol. The van der Waals surface area contributed by atoms with Gasteiger partial charge in [-0.2, -0.15) is 0 Å². The first-order valence-corrected chi connectivity index (χ1v) is 8.66. The Morgan fingerprint density at radius 1 is 1.08 bits per heavy atom. The van der Waals surface area contributed by atoms with Crippen LogP contribution in [0.3, 0.4) is 0 Å². The van der Waals surface area contributed by atoms with Crippen LogP contribution in [-0.2, 0) is 13.5 Å². The van der Waals surface area contributed by atoms with Crippen molar-refractivity contribution >= 4 is 45.7 Å². The van der Waals surface area contributed by atoms with Gasteiger partial charge >= 0.3 is 0 Å². The number of fused-ring (bicyclic) bond motifs is 1. The van der Waals surface area contributed by atoms with Crippen LogP contribution in [0.5, 0.6) is 11.6 Å². The Kier molecular flexibility index (Phi) is 4.97. The molecule has 1 aromatic heterocycles. The lowest BCUT2D eigenvalue weighted by molar-refractivity contribution is 0.439. The monoisotopic (exact) mass is 382 g/mol. The second kappa shape index (κ2) is 6.85. The minimum atomic E-state index is 0.00225. The van der Waals surface area contributed by atoms with E-state index in [0.717, 1.165) is 16.5 Å². The maximum Gasteiger partial charge on any atom is 0.204 e. The van der Waals surface area contributed by atoms with Crippen molar-refractivity contribution in [1.29, 1.82) is 0 Å². The molecule has 0 aliphatic rings. The Hall–Kier alpha value is -1.39. The summed E-state index contributed by atoms with van der Waals surface area (Å²) in [5, 5.41) is 2.30. The summed E-state index contributed by atoms with van der Waals surface area (Å²) in [6.07, 6.45) is 0.690. The predicted octanol–water partition coefficient (Wildman–Crippen LogP) is 5.82. The van der Waals surface area contributed by atoms with Gasteiger partial charge in [-0.15, -0.1) is 0 Å². The minimum Gasteiger partial charge on any atom is -0.439 e. The molecule has 3 nitrogen and oxygen atoms in total. The fourth-order valence-corrected chi connectivity index (χ4v) is 3.36. The van der Waals surface area contributed by atoms with Crippen molar-refractivity contribution in [2.24, 2.45) is 12.8 Å². The van der Waals surface area contributed by atoms with Gasteiger partial charge in [0.25, 0.3) is 0 Å². The van der Waals surface area contributed by atoms with E-state index < -0.39 is 0 Å². The number of hydrogen-bond donors (Lipinski definition) is 1. The molecule has 0 spiro atoms. The summed E-state index contributed by atoms with van der Waals surface area (Å²) in [6.45, 7) is 1.97.